The molecule has 1 unspecified atom stereocenters. The molecule has 0 fully saturated rings. The number of carboxylic acid groups (broad SMARTS) is 1. The van der Waals surface area contributed by atoms with E-state index in [2.05, 4.69) is 0 Å². The molecule has 1 aromatic rings. The molecule has 1 rings (SSSR count). The van der Waals surface area contributed by atoms with Crippen LogP contribution >= 0.6 is 0 Å². The van der Waals surface area contributed by atoms with Gasteiger partial charge >= 0.3 is 5.97 Å². The van der Waals surface area contributed by atoms with Crippen molar-refractivity contribution in [1.29, 1.82) is 0 Å². The minimum Gasteiger partial charge on any atom is -0.475 e. The predicted octanol–water partition coefficient (Wildman–Crippen LogP) is 0.271. The molecule has 0 aliphatic rings. The molecule has 6 nitrogen and oxygen atoms in total. The highest BCUT2D eigenvalue weighted by atomic mass is 32.2. The third kappa shape index (κ3) is 5.14. The van der Waals surface area contributed by atoms with E-state index in [-0.39, 0.29) is 28.8 Å². The summed E-state index contributed by atoms with van der Waals surface area (Å²) in [6.45, 7) is 0. The van der Waals surface area contributed by atoms with Gasteiger partial charge in [-0.25, -0.2) is 13.2 Å². The summed E-state index contributed by atoms with van der Waals surface area (Å²) in [5.74, 6) is -1.27. The van der Waals surface area contributed by atoms with Gasteiger partial charge in [0, 0.05) is 22.8 Å². The standard InChI is InChI=1S/C9H12O6S2/c1-17(13,14)5-4-16(12)6-7-2-3-8(15-7)9(10)11/h2-3H,4-6H2,1H3,(H,10,11). The van der Waals surface area contributed by atoms with Gasteiger partial charge in [-0.2, -0.15) is 0 Å². The molecule has 1 heterocycles. The van der Waals surface area contributed by atoms with Crippen LogP contribution in [0.5, 0.6) is 0 Å². The number of furan rings is 1. The van der Waals surface area contributed by atoms with Crippen LogP contribution in [0.3, 0.4) is 0 Å². The molecule has 0 radical (unpaired) electrons. The number of sulfone groups is 1. The van der Waals surface area contributed by atoms with Crippen LogP contribution in [0.1, 0.15) is 16.3 Å². The van der Waals surface area contributed by atoms with Gasteiger partial charge in [0.2, 0.25) is 5.76 Å². The van der Waals surface area contributed by atoms with E-state index in [1.807, 2.05) is 0 Å². The molecule has 0 aliphatic heterocycles. The molecule has 0 saturated carbocycles. The zero-order valence-electron chi connectivity index (χ0n) is 9.08. The van der Waals surface area contributed by atoms with Gasteiger partial charge in [-0.1, -0.05) is 0 Å². The highest BCUT2D eigenvalue weighted by Crippen LogP contribution is 2.10. The number of aromatic carboxylic acids is 1. The highest BCUT2D eigenvalue weighted by Gasteiger charge is 2.12. The fraction of sp³-hybridized carbons (Fsp3) is 0.444. The first-order valence-electron chi connectivity index (χ1n) is 4.62. The summed E-state index contributed by atoms with van der Waals surface area (Å²) in [5, 5.41) is 8.59. The molecule has 0 aromatic carbocycles. The van der Waals surface area contributed by atoms with Crippen molar-refractivity contribution in [3.63, 3.8) is 0 Å². The van der Waals surface area contributed by atoms with Crippen LogP contribution in [0.4, 0.5) is 0 Å². The zero-order valence-corrected chi connectivity index (χ0v) is 10.7. The van der Waals surface area contributed by atoms with E-state index >= 15 is 0 Å². The minimum absolute atomic E-state index is 0.0158. The van der Waals surface area contributed by atoms with Crippen LogP contribution in [0, 0.1) is 0 Å². The van der Waals surface area contributed by atoms with E-state index in [4.69, 9.17) is 9.52 Å². The fourth-order valence-electron chi connectivity index (χ4n) is 1.05. The molecule has 0 amide bonds. The summed E-state index contributed by atoms with van der Waals surface area (Å²) in [7, 11) is -4.52. The summed E-state index contributed by atoms with van der Waals surface area (Å²) < 4.78 is 38.1. The lowest BCUT2D eigenvalue weighted by Gasteiger charge is -1.98. The molecule has 96 valence electrons. The topological polar surface area (TPSA) is 102 Å². The van der Waals surface area contributed by atoms with Crippen molar-refractivity contribution in [2.75, 3.05) is 17.8 Å². The van der Waals surface area contributed by atoms with E-state index in [1.54, 1.807) is 0 Å². The molecule has 1 aromatic heterocycles. The number of rotatable bonds is 6. The first-order chi connectivity index (χ1) is 7.78. The number of carbonyl (C=O) groups is 1. The SMILES string of the molecule is CS(=O)(=O)CCS(=O)Cc1ccc(C(=O)O)o1. The van der Waals surface area contributed by atoms with Crippen molar-refractivity contribution in [2.24, 2.45) is 0 Å². The maximum atomic E-state index is 11.5. The third-order valence-corrected chi connectivity index (χ3v) is 4.33. The van der Waals surface area contributed by atoms with Crippen molar-refractivity contribution < 1.29 is 26.9 Å². The van der Waals surface area contributed by atoms with Gasteiger partial charge in [0.25, 0.3) is 0 Å². The molecule has 1 atom stereocenters. The van der Waals surface area contributed by atoms with E-state index < -0.39 is 26.6 Å². The Bertz CT molecular complexity index is 527. The molecular weight excluding hydrogens is 268 g/mol. The summed E-state index contributed by atoms with van der Waals surface area (Å²) in [6.07, 6.45) is 1.07. The van der Waals surface area contributed by atoms with E-state index in [0.717, 1.165) is 6.26 Å². The van der Waals surface area contributed by atoms with Crippen LogP contribution in [-0.4, -0.2) is 41.5 Å². The second kappa shape index (κ2) is 5.46. The van der Waals surface area contributed by atoms with Gasteiger partial charge in [0.15, 0.2) is 0 Å². The van der Waals surface area contributed by atoms with Crippen molar-refractivity contribution >= 4 is 26.6 Å². The smallest absolute Gasteiger partial charge is 0.371 e. The lowest BCUT2D eigenvalue weighted by atomic mass is 10.4. The molecule has 0 aliphatic carbocycles. The Morgan fingerprint density at radius 3 is 2.59 bits per heavy atom. The van der Waals surface area contributed by atoms with Crippen LogP contribution in [0.15, 0.2) is 16.5 Å². The molecule has 0 spiro atoms. The van der Waals surface area contributed by atoms with E-state index in [1.165, 1.54) is 12.1 Å². The maximum Gasteiger partial charge on any atom is 0.371 e. The summed E-state index contributed by atoms with van der Waals surface area (Å²) in [4.78, 5) is 10.5. The van der Waals surface area contributed by atoms with Gasteiger partial charge < -0.3 is 9.52 Å². The van der Waals surface area contributed by atoms with Crippen molar-refractivity contribution in [3.05, 3.63) is 23.7 Å². The quantitative estimate of drug-likeness (QED) is 0.802. The molecular formula is C9H12O6S2. The summed E-state index contributed by atoms with van der Waals surface area (Å²) in [5.41, 5.74) is 0. The monoisotopic (exact) mass is 280 g/mol. The first kappa shape index (κ1) is 13.9. The Morgan fingerprint density at radius 2 is 2.12 bits per heavy atom. The van der Waals surface area contributed by atoms with Gasteiger partial charge in [-0.15, -0.1) is 0 Å². The number of hydrogen-bond acceptors (Lipinski definition) is 5. The molecule has 0 saturated heterocycles. The second-order valence-electron chi connectivity index (χ2n) is 3.49. The third-order valence-electron chi connectivity index (χ3n) is 1.86. The van der Waals surface area contributed by atoms with Crippen molar-refractivity contribution in [2.45, 2.75) is 5.75 Å². The van der Waals surface area contributed by atoms with Crippen molar-refractivity contribution in [1.82, 2.24) is 0 Å². The van der Waals surface area contributed by atoms with E-state index in [9.17, 15) is 17.4 Å². The Kier molecular flexibility index (Phi) is 4.47. The van der Waals surface area contributed by atoms with Gasteiger partial charge in [0.1, 0.15) is 15.6 Å². The Morgan fingerprint density at radius 1 is 1.47 bits per heavy atom. The maximum absolute atomic E-state index is 11.5. The summed E-state index contributed by atoms with van der Waals surface area (Å²) >= 11 is 0. The lowest BCUT2D eigenvalue weighted by Crippen LogP contribution is -2.12. The van der Waals surface area contributed by atoms with Crippen molar-refractivity contribution in [3.8, 4) is 0 Å². The Labute approximate surface area is 101 Å². The van der Waals surface area contributed by atoms with Crippen LogP contribution in [-0.2, 0) is 26.4 Å². The molecule has 8 heteroatoms. The predicted molar refractivity (Wildman–Crippen MR) is 62.1 cm³/mol. The van der Waals surface area contributed by atoms with Gasteiger partial charge in [-0.05, 0) is 12.1 Å². The molecule has 1 N–H and O–H groups in total. The average molecular weight is 280 g/mol. The van der Waals surface area contributed by atoms with Gasteiger partial charge in [-0.3, -0.25) is 4.21 Å². The first-order valence-corrected chi connectivity index (χ1v) is 8.17. The fourth-order valence-corrected chi connectivity index (χ4v) is 3.62. The van der Waals surface area contributed by atoms with E-state index in [0.29, 0.717) is 0 Å². The molecule has 17 heavy (non-hydrogen) atoms. The zero-order chi connectivity index (χ0) is 13.1. The Balaban J connectivity index is 2.53. The largest absolute Gasteiger partial charge is 0.475 e. The average Bonchev–Trinajstić information content (AvgIpc) is 2.62. The second-order valence-corrected chi connectivity index (χ2v) is 7.33. The highest BCUT2D eigenvalue weighted by molar-refractivity contribution is 7.92. The number of carboxylic acids is 1. The van der Waals surface area contributed by atoms with Gasteiger partial charge in [0.05, 0.1) is 11.5 Å². The number of hydrogen-bond donors (Lipinski definition) is 1. The lowest BCUT2D eigenvalue weighted by molar-refractivity contribution is 0.0660. The Hall–Kier alpha value is -1.15. The van der Waals surface area contributed by atoms with Crippen LogP contribution < -0.4 is 0 Å². The normalized spacial score (nSPS) is 13.5. The summed E-state index contributed by atoms with van der Waals surface area (Å²) in [6, 6.07) is 2.69. The van der Waals surface area contributed by atoms with Crippen LogP contribution in [0.25, 0.3) is 0 Å². The molecule has 0 bridgehead atoms. The van der Waals surface area contributed by atoms with Crippen LogP contribution in [0.2, 0.25) is 0 Å². The minimum atomic E-state index is -3.14.